The summed E-state index contributed by atoms with van der Waals surface area (Å²) in [5.74, 6) is 2.83. The molecule has 0 aliphatic rings. The Bertz CT molecular complexity index is 1010. The van der Waals surface area contributed by atoms with Crippen LogP contribution in [0.3, 0.4) is 0 Å². The van der Waals surface area contributed by atoms with Gasteiger partial charge in [-0.1, -0.05) is 79.6 Å². The van der Waals surface area contributed by atoms with Gasteiger partial charge in [-0.15, -0.1) is 20.4 Å². The zero-order valence-corrected chi connectivity index (χ0v) is 21.1. The molecule has 0 fully saturated rings. The van der Waals surface area contributed by atoms with Crippen molar-refractivity contribution in [1.82, 2.24) is 20.4 Å². The number of nitrogens with zero attached hydrogens (tertiary/aromatic N) is 4. The molecule has 4 rings (SSSR count). The molecule has 0 spiro atoms. The predicted molar refractivity (Wildman–Crippen MR) is 128 cm³/mol. The molecule has 0 saturated carbocycles. The zero-order valence-electron chi connectivity index (χ0n) is 16.3. The van der Waals surface area contributed by atoms with Crippen LogP contribution in [0.1, 0.15) is 29.3 Å². The van der Waals surface area contributed by atoms with E-state index in [1.807, 2.05) is 24.3 Å². The molecule has 0 bridgehead atoms. The SMILES string of the molecule is Brc1ccc(CSc2nnc(CCCc3nnc(SCc4ccc(Br)cc4)o3)o2)cc1. The molecular formula is C21H18Br2N4O2S2. The summed E-state index contributed by atoms with van der Waals surface area (Å²) in [7, 11) is 0. The summed E-state index contributed by atoms with van der Waals surface area (Å²) in [4.78, 5) is 0. The van der Waals surface area contributed by atoms with Crippen LogP contribution in [-0.2, 0) is 24.3 Å². The van der Waals surface area contributed by atoms with E-state index in [9.17, 15) is 0 Å². The van der Waals surface area contributed by atoms with Gasteiger partial charge in [0.15, 0.2) is 0 Å². The summed E-state index contributed by atoms with van der Waals surface area (Å²) in [6.07, 6.45) is 2.16. The smallest absolute Gasteiger partial charge is 0.276 e. The Morgan fingerprint density at radius 2 is 1.03 bits per heavy atom. The maximum Gasteiger partial charge on any atom is 0.276 e. The Morgan fingerprint density at radius 1 is 0.613 bits per heavy atom. The third kappa shape index (κ3) is 7.20. The van der Waals surface area contributed by atoms with Crippen molar-refractivity contribution in [2.75, 3.05) is 0 Å². The monoisotopic (exact) mass is 580 g/mol. The minimum atomic E-state index is 0.585. The highest BCUT2D eigenvalue weighted by molar-refractivity contribution is 9.10. The van der Waals surface area contributed by atoms with Gasteiger partial charge in [-0.2, -0.15) is 0 Å². The number of hydrogen-bond acceptors (Lipinski definition) is 8. The molecule has 31 heavy (non-hydrogen) atoms. The van der Waals surface area contributed by atoms with Crippen molar-refractivity contribution in [3.05, 3.63) is 80.4 Å². The highest BCUT2D eigenvalue weighted by Crippen LogP contribution is 2.24. The number of rotatable bonds is 10. The highest BCUT2D eigenvalue weighted by atomic mass is 79.9. The Hall–Kier alpha value is -1.62. The lowest BCUT2D eigenvalue weighted by molar-refractivity contribution is 0.392. The van der Waals surface area contributed by atoms with E-state index in [1.54, 1.807) is 0 Å². The normalized spacial score (nSPS) is 11.2. The maximum atomic E-state index is 5.73. The first-order valence-corrected chi connectivity index (χ1v) is 13.1. The Morgan fingerprint density at radius 3 is 1.45 bits per heavy atom. The molecule has 0 saturated heterocycles. The van der Waals surface area contributed by atoms with Gasteiger partial charge in [-0.25, -0.2) is 0 Å². The molecule has 6 nitrogen and oxygen atoms in total. The van der Waals surface area contributed by atoms with E-state index >= 15 is 0 Å². The quantitative estimate of drug-likeness (QED) is 0.191. The van der Waals surface area contributed by atoms with Gasteiger partial charge in [0.05, 0.1) is 0 Å². The van der Waals surface area contributed by atoms with Gasteiger partial charge in [0.1, 0.15) is 0 Å². The van der Waals surface area contributed by atoms with Crippen molar-refractivity contribution in [2.24, 2.45) is 0 Å². The number of hydrogen-bond donors (Lipinski definition) is 0. The number of aromatic nitrogens is 4. The van der Waals surface area contributed by atoms with Crippen LogP contribution < -0.4 is 0 Å². The van der Waals surface area contributed by atoms with E-state index in [2.05, 4.69) is 76.5 Å². The average molecular weight is 582 g/mol. The lowest BCUT2D eigenvalue weighted by atomic mass is 10.2. The second-order valence-electron chi connectivity index (χ2n) is 6.61. The number of benzene rings is 2. The van der Waals surface area contributed by atoms with Crippen molar-refractivity contribution in [1.29, 1.82) is 0 Å². The van der Waals surface area contributed by atoms with E-state index in [1.165, 1.54) is 34.7 Å². The minimum absolute atomic E-state index is 0.585. The molecule has 0 aliphatic heterocycles. The fourth-order valence-electron chi connectivity index (χ4n) is 2.64. The van der Waals surface area contributed by atoms with Crippen molar-refractivity contribution >= 4 is 55.4 Å². The van der Waals surface area contributed by atoms with Crippen molar-refractivity contribution < 1.29 is 8.83 Å². The molecule has 0 unspecified atom stereocenters. The minimum Gasteiger partial charge on any atom is -0.416 e. The highest BCUT2D eigenvalue weighted by Gasteiger charge is 2.10. The summed E-state index contributed by atoms with van der Waals surface area (Å²) in [6.45, 7) is 0. The number of halogens is 2. The molecule has 0 amide bonds. The van der Waals surface area contributed by atoms with Crippen LogP contribution >= 0.6 is 55.4 Å². The van der Waals surface area contributed by atoms with Crippen LogP contribution in [0.5, 0.6) is 0 Å². The molecule has 0 N–H and O–H groups in total. The first-order chi connectivity index (χ1) is 15.1. The summed E-state index contributed by atoms with van der Waals surface area (Å²) in [5.41, 5.74) is 2.41. The van der Waals surface area contributed by atoms with Gasteiger partial charge in [-0.3, -0.25) is 0 Å². The Labute approximate surface area is 205 Å². The standard InChI is InChI=1S/C21H18Br2N4O2S2/c22-16-8-4-14(5-9-16)12-30-20-26-24-18(28-20)2-1-3-19-25-27-21(29-19)31-13-15-6-10-17(23)11-7-15/h4-11H,1-3,12-13H2. The fourth-order valence-corrected chi connectivity index (χ4v) is 4.64. The van der Waals surface area contributed by atoms with Gasteiger partial charge in [0.25, 0.3) is 10.4 Å². The summed E-state index contributed by atoms with van der Waals surface area (Å²) in [6, 6.07) is 16.4. The molecule has 2 heterocycles. The van der Waals surface area contributed by atoms with Crippen LogP contribution in [0.4, 0.5) is 0 Å². The lowest BCUT2D eigenvalue weighted by Crippen LogP contribution is -1.90. The Kier molecular flexibility index (Phi) is 8.23. The van der Waals surface area contributed by atoms with Crippen LogP contribution in [0.2, 0.25) is 0 Å². The van der Waals surface area contributed by atoms with Gasteiger partial charge >= 0.3 is 0 Å². The zero-order chi connectivity index (χ0) is 21.5. The molecule has 160 valence electrons. The van der Waals surface area contributed by atoms with E-state index < -0.39 is 0 Å². The van der Waals surface area contributed by atoms with Crippen LogP contribution in [0.25, 0.3) is 0 Å². The third-order valence-corrected chi connectivity index (χ3v) is 7.07. The molecular weight excluding hydrogens is 564 g/mol. The van der Waals surface area contributed by atoms with Crippen molar-refractivity contribution in [2.45, 2.75) is 41.2 Å². The average Bonchev–Trinajstić information content (AvgIpc) is 3.43. The van der Waals surface area contributed by atoms with Gasteiger partial charge in [0.2, 0.25) is 11.8 Å². The van der Waals surface area contributed by atoms with E-state index in [0.717, 1.165) is 26.9 Å². The van der Waals surface area contributed by atoms with Gasteiger partial charge in [-0.05, 0) is 41.8 Å². The van der Waals surface area contributed by atoms with Crippen molar-refractivity contribution in [3.8, 4) is 0 Å². The maximum absolute atomic E-state index is 5.73. The third-order valence-electron chi connectivity index (χ3n) is 4.23. The summed E-state index contributed by atoms with van der Waals surface area (Å²) >= 11 is 9.95. The molecule has 2 aromatic heterocycles. The summed E-state index contributed by atoms with van der Waals surface area (Å²) in [5, 5.41) is 17.7. The second kappa shape index (κ2) is 11.3. The summed E-state index contributed by atoms with van der Waals surface area (Å²) < 4.78 is 13.6. The van der Waals surface area contributed by atoms with E-state index in [-0.39, 0.29) is 0 Å². The molecule has 0 radical (unpaired) electrons. The number of thioether (sulfide) groups is 2. The molecule has 0 atom stereocenters. The molecule has 10 heteroatoms. The number of aryl methyl sites for hydroxylation is 2. The molecule has 4 aromatic rings. The Balaban J connectivity index is 1.18. The van der Waals surface area contributed by atoms with Gasteiger partial charge < -0.3 is 8.83 Å². The molecule has 2 aromatic carbocycles. The van der Waals surface area contributed by atoms with Crippen molar-refractivity contribution in [3.63, 3.8) is 0 Å². The van der Waals surface area contributed by atoms with Crippen LogP contribution in [-0.4, -0.2) is 20.4 Å². The van der Waals surface area contributed by atoms with Gasteiger partial charge in [0, 0.05) is 33.3 Å². The fraction of sp³-hybridized carbons (Fsp3) is 0.238. The van der Waals surface area contributed by atoms with Crippen LogP contribution in [0.15, 0.2) is 76.8 Å². The van der Waals surface area contributed by atoms with E-state index in [4.69, 9.17) is 8.83 Å². The first kappa shape index (κ1) is 22.6. The second-order valence-corrected chi connectivity index (χ2v) is 10.3. The largest absolute Gasteiger partial charge is 0.416 e. The van der Waals surface area contributed by atoms with Crippen LogP contribution in [0, 0.1) is 0 Å². The lowest BCUT2D eigenvalue weighted by Gasteiger charge is -1.98. The first-order valence-electron chi connectivity index (χ1n) is 9.53. The van der Waals surface area contributed by atoms with E-state index in [0.29, 0.717) is 35.1 Å². The topological polar surface area (TPSA) is 77.8 Å². The predicted octanol–water partition coefficient (Wildman–Crippen LogP) is 6.74. The molecule has 0 aliphatic carbocycles.